The van der Waals surface area contributed by atoms with Crippen LogP contribution in [-0.4, -0.2) is 64.3 Å². The largest absolute Gasteiger partial charge is 0.394 e. The van der Waals surface area contributed by atoms with Crippen LogP contribution in [0.3, 0.4) is 0 Å². The second-order valence-electron chi connectivity index (χ2n) is 16.2. The summed E-state index contributed by atoms with van der Waals surface area (Å²) in [5.41, 5.74) is 1.40. The lowest BCUT2D eigenvalue weighted by Gasteiger charge is -2.68. The van der Waals surface area contributed by atoms with Gasteiger partial charge in [0.15, 0.2) is 0 Å². The highest BCUT2D eigenvalue weighted by atomic mass is 16.7. The average Bonchev–Trinajstić information content (AvgIpc) is 3.72. The van der Waals surface area contributed by atoms with E-state index in [4.69, 9.17) is 9.47 Å². The fraction of sp³-hybridized carbons (Fsp3) is 0.912. The summed E-state index contributed by atoms with van der Waals surface area (Å²) < 4.78 is 11.9. The van der Waals surface area contributed by atoms with E-state index in [1.54, 1.807) is 5.57 Å². The van der Waals surface area contributed by atoms with Gasteiger partial charge in [-0.3, -0.25) is 4.79 Å². The molecular weight excluding hydrogens is 504 g/mol. The zero-order chi connectivity index (χ0) is 28.4. The summed E-state index contributed by atoms with van der Waals surface area (Å²) in [4.78, 5) is 13.0. The first-order valence-electron chi connectivity index (χ1n) is 16.4. The summed E-state index contributed by atoms with van der Waals surface area (Å²) in [6.45, 7) is 11.7. The van der Waals surface area contributed by atoms with Gasteiger partial charge in [-0.2, -0.15) is 0 Å². The number of Topliss-reactive ketones (excluding diaryl/α,β-unsaturated/α-hetero) is 1. The molecule has 0 radical (unpaired) electrons. The number of ketones is 1. The van der Waals surface area contributed by atoms with Gasteiger partial charge in [0, 0.05) is 17.3 Å². The number of hydrogen-bond donors (Lipinski definition) is 3. The number of aliphatic hydroxyl groups excluding tert-OH is 3. The van der Waals surface area contributed by atoms with Crippen molar-refractivity contribution in [3.63, 3.8) is 0 Å². The molecule has 4 saturated carbocycles. The van der Waals surface area contributed by atoms with Crippen molar-refractivity contribution in [2.45, 2.75) is 135 Å². The molecule has 2 saturated heterocycles. The molecule has 14 unspecified atom stereocenters. The van der Waals surface area contributed by atoms with Crippen molar-refractivity contribution in [3.05, 3.63) is 11.6 Å². The molecule has 6 heteroatoms. The van der Waals surface area contributed by atoms with Crippen molar-refractivity contribution in [1.82, 2.24) is 0 Å². The van der Waals surface area contributed by atoms with E-state index in [9.17, 15) is 20.1 Å². The third-order valence-electron chi connectivity index (χ3n) is 14.4. The maximum atomic E-state index is 13.0. The molecule has 2 aliphatic heterocycles. The molecule has 3 N–H and O–H groups in total. The van der Waals surface area contributed by atoms with Crippen molar-refractivity contribution in [2.75, 3.05) is 6.61 Å². The van der Waals surface area contributed by atoms with Crippen LogP contribution in [0.25, 0.3) is 0 Å². The van der Waals surface area contributed by atoms with Crippen LogP contribution < -0.4 is 0 Å². The molecule has 0 aromatic rings. The average molecular weight is 557 g/mol. The Morgan fingerprint density at radius 3 is 2.50 bits per heavy atom. The highest BCUT2D eigenvalue weighted by Gasteiger charge is 2.67. The Kier molecular flexibility index (Phi) is 6.38. The fourth-order valence-corrected chi connectivity index (χ4v) is 12.4. The molecule has 40 heavy (non-hydrogen) atoms. The molecule has 0 spiro atoms. The van der Waals surface area contributed by atoms with E-state index in [-0.39, 0.29) is 46.4 Å². The number of carbonyl (C=O) groups excluding carboxylic acids is 1. The van der Waals surface area contributed by atoms with E-state index in [0.29, 0.717) is 35.9 Å². The molecule has 7 rings (SSSR count). The number of fused-ring (bicyclic) bond motifs is 8. The third kappa shape index (κ3) is 3.55. The van der Waals surface area contributed by atoms with Crippen molar-refractivity contribution < 1.29 is 29.6 Å². The molecule has 0 aromatic heterocycles. The zero-order valence-electron chi connectivity index (χ0n) is 25.3. The lowest BCUT2D eigenvalue weighted by Crippen LogP contribution is -2.64. The Bertz CT molecular complexity index is 1080. The number of aliphatic hydroxyl groups is 3. The second-order valence-corrected chi connectivity index (χ2v) is 16.2. The molecule has 7 aliphatic rings. The Balaban J connectivity index is 1.24. The quantitative estimate of drug-likeness (QED) is 0.340. The van der Waals surface area contributed by atoms with Gasteiger partial charge in [-0.15, -0.1) is 0 Å². The summed E-state index contributed by atoms with van der Waals surface area (Å²) in [5, 5.41) is 33.3. The van der Waals surface area contributed by atoms with Gasteiger partial charge in [0.2, 0.25) is 0 Å². The minimum Gasteiger partial charge on any atom is -0.394 e. The van der Waals surface area contributed by atoms with Gasteiger partial charge >= 0.3 is 0 Å². The summed E-state index contributed by atoms with van der Waals surface area (Å²) in [6, 6.07) is 0. The smallest absolute Gasteiger partial charge is 0.138 e. The fourth-order valence-electron chi connectivity index (χ4n) is 12.4. The van der Waals surface area contributed by atoms with Crippen molar-refractivity contribution in [1.29, 1.82) is 0 Å². The third-order valence-corrected chi connectivity index (χ3v) is 14.4. The van der Waals surface area contributed by atoms with E-state index in [1.165, 1.54) is 12.8 Å². The van der Waals surface area contributed by atoms with Gasteiger partial charge in [-0.1, -0.05) is 59.1 Å². The first-order valence-corrected chi connectivity index (χ1v) is 16.4. The van der Waals surface area contributed by atoms with Crippen molar-refractivity contribution >= 4 is 5.78 Å². The Labute approximate surface area is 240 Å². The van der Waals surface area contributed by atoms with Crippen molar-refractivity contribution in [3.8, 4) is 0 Å². The summed E-state index contributed by atoms with van der Waals surface area (Å²) in [5.74, 6) is 2.74. The molecule has 6 fully saturated rings. The lowest BCUT2D eigenvalue weighted by atomic mass is 9.37. The van der Waals surface area contributed by atoms with Gasteiger partial charge < -0.3 is 24.8 Å². The molecule has 14 atom stereocenters. The number of epoxide rings is 1. The maximum absolute atomic E-state index is 13.0. The summed E-state index contributed by atoms with van der Waals surface area (Å²) in [7, 11) is 0. The molecule has 5 aliphatic carbocycles. The van der Waals surface area contributed by atoms with Crippen LogP contribution in [0.2, 0.25) is 0 Å². The number of allylic oxidation sites excluding steroid dienone is 2. The predicted octanol–water partition coefficient (Wildman–Crippen LogP) is 4.83. The molecule has 0 bridgehead atoms. The SMILES string of the molecule is CC1CCCC2(C(O)C3OC(CO)C4OC4C3O)CCC3C(=CCC4C3(C)CCC3C(C)(C)C(=O)CCC34C)C12. The second kappa shape index (κ2) is 9.11. The molecule has 0 amide bonds. The predicted molar refractivity (Wildman–Crippen MR) is 151 cm³/mol. The van der Waals surface area contributed by atoms with E-state index in [0.717, 1.165) is 44.9 Å². The number of carbonyl (C=O) groups is 1. The van der Waals surface area contributed by atoms with Crippen LogP contribution >= 0.6 is 0 Å². The van der Waals surface area contributed by atoms with Crippen LogP contribution in [0.5, 0.6) is 0 Å². The number of rotatable bonds is 3. The van der Waals surface area contributed by atoms with Crippen LogP contribution in [0.1, 0.15) is 98.8 Å². The summed E-state index contributed by atoms with van der Waals surface area (Å²) in [6.07, 6.45) is 9.48. The normalized spacial score (nSPS) is 55.5. The molecule has 224 valence electrons. The van der Waals surface area contributed by atoms with Crippen LogP contribution in [-0.2, 0) is 14.3 Å². The molecule has 6 nitrogen and oxygen atoms in total. The van der Waals surface area contributed by atoms with Gasteiger partial charge in [-0.25, -0.2) is 0 Å². The van der Waals surface area contributed by atoms with Gasteiger partial charge in [-0.05, 0) is 85.4 Å². The topological polar surface area (TPSA) is 99.5 Å². The van der Waals surface area contributed by atoms with Crippen LogP contribution in [0, 0.1) is 51.2 Å². The van der Waals surface area contributed by atoms with E-state index in [2.05, 4.69) is 40.7 Å². The van der Waals surface area contributed by atoms with Crippen LogP contribution in [0.15, 0.2) is 11.6 Å². The Morgan fingerprint density at radius 2 is 1.75 bits per heavy atom. The molecule has 2 heterocycles. The first-order chi connectivity index (χ1) is 18.9. The highest BCUT2D eigenvalue weighted by molar-refractivity contribution is 5.85. The van der Waals surface area contributed by atoms with Crippen molar-refractivity contribution in [2.24, 2.45) is 51.2 Å². The maximum Gasteiger partial charge on any atom is 0.138 e. The number of ether oxygens (including phenoxy) is 2. The van der Waals surface area contributed by atoms with Crippen LogP contribution in [0.4, 0.5) is 0 Å². The summed E-state index contributed by atoms with van der Waals surface area (Å²) >= 11 is 0. The van der Waals surface area contributed by atoms with E-state index >= 15 is 0 Å². The van der Waals surface area contributed by atoms with Gasteiger partial charge in [0.05, 0.1) is 12.7 Å². The van der Waals surface area contributed by atoms with E-state index < -0.39 is 24.4 Å². The Hall–Kier alpha value is -0.790. The zero-order valence-corrected chi connectivity index (χ0v) is 25.3. The Morgan fingerprint density at radius 1 is 0.975 bits per heavy atom. The van der Waals surface area contributed by atoms with E-state index in [1.807, 2.05) is 0 Å². The number of hydrogen-bond acceptors (Lipinski definition) is 6. The standard InChI is InChI=1S/C34H52O6/c1-18-7-6-13-34(30(38)29-26(37)28-27(40-28)21(17-35)39-29)16-10-20-19(25(18)34)8-9-23-32(20,4)14-11-22-31(2,3)24(36)12-15-33(22,23)5/h8,18,20-23,25-30,35,37-38H,6-7,9-17H2,1-5H3. The lowest BCUT2D eigenvalue weighted by molar-refractivity contribution is -0.210. The monoisotopic (exact) mass is 556 g/mol. The first kappa shape index (κ1) is 28.0. The minimum atomic E-state index is -0.859. The highest BCUT2D eigenvalue weighted by Crippen LogP contribution is 2.72. The minimum absolute atomic E-state index is 0.154. The van der Waals surface area contributed by atoms with Gasteiger partial charge in [0.25, 0.3) is 0 Å². The van der Waals surface area contributed by atoms with Gasteiger partial charge in [0.1, 0.15) is 36.3 Å². The molecule has 0 aromatic carbocycles. The molecular formula is C34H52O6.